The topological polar surface area (TPSA) is 73.5 Å². The van der Waals surface area contributed by atoms with Gasteiger partial charge in [0, 0.05) is 13.6 Å². The molecular formula is C11H19N7. The van der Waals surface area contributed by atoms with Crippen LogP contribution in [0, 0.1) is 0 Å². The van der Waals surface area contributed by atoms with Gasteiger partial charge in [-0.1, -0.05) is 5.21 Å². The Morgan fingerprint density at radius 2 is 2.00 bits per heavy atom. The van der Waals surface area contributed by atoms with Gasteiger partial charge in [0.25, 0.3) is 0 Å². The van der Waals surface area contributed by atoms with Gasteiger partial charge in [0.1, 0.15) is 12.2 Å². The van der Waals surface area contributed by atoms with E-state index in [0.717, 1.165) is 11.5 Å². The SMILES string of the molecule is Cn1cnnc1CNCc1cn(C(C)(C)C)nn1. The molecule has 0 saturated heterocycles. The molecule has 2 aromatic heterocycles. The summed E-state index contributed by atoms with van der Waals surface area (Å²) in [5.41, 5.74) is 0.890. The Hall–Kier alpha value is -1.76. The minimum absolute atomic E-state index is 0.0329. The third-order valence-electron chi connectivity index (χ3n) is 2.62. The zero-order chi connectivity index (χ0) is 13.2. The summed E-state index contributed by atoms with van der Waals surface area (Å²) in [6.45, 7) is 7.62. The lowest BCUT2D eigenvalue weighted by molar-refractivity contribution is 0.347. The number of nitrogens with zero attached hydrogens (tertiary/aromatic N) is 6. The van der Waals surface area contributed by atoms with Crippen LogP contribution in [0.4, 0.5) is 0 Å². The third-order valence-corrected chi connectivity index (χ3v) is 2.62. The molecule has 0 radical (unpaired) electrons. The highest BCUT2D eigenvalue weighted by molar-refractivity contribution is 4.94. The number of aryl methyl sites for hydroxylation is 1. The van der Waals surface area contributed by atoms with Crippen molar-refractivity contribution in [1.82, 2.24) is 35.1 Å². The smallest absolute Gasteiger partial charge is 0.146 e. The maximum atomic E-state index is 4.13. The zero-order valence-electron chi connectivity index (χ0n) is 11.3. The molecule has 0 amide bonds. The van der Waals surface area contributed by atoms with Crippen LogP contribution in [0.25, 0.3) is 0 Å². The molecule has 98 valence electrons. The lowest BCUT2D eigenvalue weighted by Crippen LogP contribution is -2.22. The molecule has 2 heterocycles. The van der Waals surface area contributed by atoms with Gasteiger partial charge in [0.15, 0.2) is 0 Å². The first kappa shape index (κ1) is 12.7. The first-order chi connectivity index (χ1) is 8.47. The van der Waals surface area contributed by atoms with Crippen molar-refractivity contribution >= 4 is 0 Å². The molecular weight excluding hydrogens is 230 g/mol. The van der Waals surface area contributed by atoms with E-state index in [2.05, 4.69) is 46.6 Å². The summed E-state index contributed by atoms with van der Waals surface area (Å²) in [5, 5.41) is 19.3. The van der Waals surface area contributed by atoms with E-state index in [1.165, 1.54) is 0 Å². The highest BCUT2D eigenvalue weighted by Crippen LogP contribution is 2.11. The van der Waals surface area contributed by atoms with E-state index in [-0.39, 0.29) is 5.54 Å². The molecule has 0 aromatic carbocycles. The Balaban J connectivity index is 1.88. The molecule has 7 heteroatoms. The molecule has 0 atom stereocenters. The van der Waals surface area contributed by atoms with Crippen LogP contribution in [0.5, 0.6) is 0 Å². The van der Waals surface area contributed by atoms with Crippen molar-refractivity contribution < 1.29 is 0 Å². The van der Waals surface area contributed by atoms with Crippen LogP contribution in [0.3, 0.4) is 0 Å². The Kier molecular flexibility index (Phi) is 3.42. The van der Waals surface area contributed by atoms with Crippen molar-refractivity contribution in [1.29, 1.82) is 0 Å². The van der Waals surface area contributed by atoms with Gasteiger partial charge in [-0.3, -0.25) is 0 Å². The monoisotopic (exact) mass is 249 g/mol. The molecule has 0 saturated carbocycles. The molecule has 2 aromatic rings. The van der Waals surface area contributed by atoms with Crippen LogP contribution >= 0.6 is 0 Å². The zero-order valence-corrected chi connectivity index (χ0v) is 11.3. The van der Waals surface area contributed by atoms with Gasteiger partial charge < -0.3 is 9.88 Å². The molecule has 0 unspecified atom stereocenters. The van der Waals surface area contributed by atoms with Crippen LogP contribution in [0.1, 0.15) is 32.3 Å². The fourth-order valence-electron chi connectivity index (χ4n) is 1.48. The van der Waals surface area contributed by atoms with Crippen molar-refractivity contribution in [2.24, 2.45) is 7.05 Å². The maximum Gasteiger partial charge on any atom is 0.146 e. The second-order valence-corrected chi connectivity index (χ2v) is 5.29. The third kappa shape index (κ3) is 2.92. The fourth-order valence-corrected chi connectivity index (χ4v) is 1.48. The standard InChI is InChI=1S/C11H19N7/c1-11(2,3)18-7-9(14-16-18)5-12-6-10-15-13-8-17(10)4/h7-8,12H,5-6H2,1-4H3. The maximum absolute atomic E-state index is 4.13. The van der Waals surface area contributed by atoms with Crippen LogP contribution < -0.4 is 5.32 Å². The van der Waals surface area contributed by atoms with Crippen molar-refractivity contribution in [2.45, 2.75) is 39.4 Å². The Bertz CT molecular complexity index is 505. The molecule has 0 fully saturated rings. The van der Waals surface area contributed by atoms with Gasteiger partial charge in [0.2, 0.25) is 0 Å². The van der Waals surface area contributed by atoms with Crippen LogP contribution in [-0.2, 0) is 25.7 Å². The Labute approximate surface area is 106 Å². The number of nitrogens with one attached hydrogen (secondary N) is 1. The van der Waals surface area contributed by atoms with E-state index in [4.69, 9.17) is 0 Å². The average molecular weight is 249 g/mol. The van der Waals surface area contributed by atoms with E-state index in [9.17, 15) is 0 Å². The van der Waals surface area contributed by atoms with E-state index in [1.807, 2.05) is 22.5 Å². The number of hydrogen-bond donors (Lipinski definition) is 1. The van der Waals surface area contributed by atoms with E-state index < -0.39 is 0 Å². The quantitative estimate of drug-likeness (QED) is 0.851. The summed E-state index contributed by atoms with van der Waals surface area (Å²) in [7, 11) is 1.92. The minimum Gasteiger partial charge on any atom is -0.320 e. The van der Waals surface area contributed by atoms with Crippen molar-refractivity contribution in [3.63, 3.8) is 0 Å². The summed E-state index contributed by atoms with van der Waals surface area (Å²) >= 11 is 0. The molecule has 0 bridgehead atoms. The van der Waals surface area contributed by atoms with Crippen LogP contribution in [0.2, 0.25) is 0 Å². The highest BCUT2D eigenvalue weighted by Gasteiger charge is 2.14. The average Bonchev–Trinajstić information content (AvgIpc) is 2.88. The normalized spacial score (nSPS) is 12.0. The van der Waals surface area contributed by atoms with Gasteiger partial charge in [0.05, 0.1) is 24.0 Å². The van der Waals surface area contributed by atoms with Gasteiger partial charge in [-0.15, -0.1) is 15.3 Å². The number of hydrogen-bond acceptors (Lipinski definition) is 5. The molecule has 2 rings (SSSR count). The molecule has 7 nitrogen and oxygen atoms in total. The van der Waals surface area contributed by atoms with Crippen molar-refractivity contribution in [2.75, 3.05) is 0 Å². The predicted octanol–water partition coefficient (Wildman–Crippen LogP) is 0.451. The molecule has 0 spiro atoms. The summed E-state index contributed by atoms with van der Waals surface area (Å²) in [5.74, 6) is 0.901. The molecule has 0 aliphatic heterocycles. The molecule has 18 heavy (non-hydrogen) atoms. The van der Waals surface area contributed by atoms with Crippen LogP contribution in [0.15, 0.2) is 12.5 Å². The van der Waals surface area contributed by atoms with Gasteiger partial charge in [-0.2, -0.15) is 0 Å². The van der Waals surface area contributed by atoms with E-state index in [1.54, 1.807) is 6.33 Å². The Morgan fingerprint density at radius 1 is 1.22 bits per heavy atom. The van der Waals surface area contributed by atoms with Crippen molar-refractivity contribution in [3.05, 3.63) is 24.0 Å². The first-order valence-electron chi connectivity index (χ1n) is 5.92. The van der Waals surface area contributed by atoms with Gasteiger partial charge >= 0.3 is 0 Å². The van der Waals surface area contributed by atoms with Gasteiger partial charge in [-0.25, -0.2) is 4.68 Å². The molecule has 0 aliphatic rings. The summed E-state index contributed by atoms with van der Waals surface area (Å²) in [4.78, 5) is 0. The van der Waals surface area contributed by atoms with E-state index in [0.29, 0.717) is 13.1 Å². The molecule has 0 aliphatic carbocycles. The summed E-state index contributed by atoms with van der Waals surface area (Å²) < 4.78 is 3.76. The van der Waals surface area contributed by atoms with Gasteiger partial charge in [-0.05, 0) is 20.8 Å². The minimum atomic E-state index is -0.0329. The largest absolute Gasteiger partial charge is 0.320 e. The van der Waals surface area contributed by atoms with E-state index >= 15 is 0 Å². The lowest BCUT2D eigenvalue weighted by Gasteiger charge is -2.17. The number of rotatable bonds is 4. The second-order valence-electron chi connectivity index (χ2n) is 5.29. The summed E-state index contributed by atoms with van der Waals surface area (Å²) in [6.07, 6.45) is 3.65. The highest BCUT2D eigenvalue weighted by atomic mass is 15.4. The summed E-state index contributed by atoms with van der Waals surface area (Å²) in [6, 6.07) is 0. The second kappa shape index (κ2) is 4.85. The molecule has 1 N–H and O–H groups in total. The Morgan fingerprint density at radius 3 is 2.56 bits per heavy atom. The van der Waals surface area contributed by atoms with Crippen molar-refractivity contribution in [3.8, 4) is 0 Å². The lowest BCUT2D eigenvalue weighted by atomic mass is 10.1. The first-order valence-corrected chi connectivity index (χ1v) is 5.92. The predicted molar refractivity (Wildman–Crippen MR) is 66.6 cm³/mol. The fraction of sp³-hybridized carbons (Fsp3) is 0.636. The number of aromatic nitrogens is 6. The van der Waals surface area contributed by atoms with Crippen LogP contribution in [-0.4, -0.2) is 29.8 Å².